The number of para-hydroxylation sites is 1. The molecule has 6 nitrogen and oxygen atoms in total. The minimum Gasteiger partial charge on any atom is -0.493 e. The number of ether oxygens (including phenoxy) is 2. The van der Waals surface area contributed by atoms with Crippen LogP contribution in [0.25, 0.3) is 0 Å². The number of rotatable bonds is 6. The van der Waals surface area contributed by atoms with Crippen LogP contribution in [-0.2, 0) is 12.0 Å². The van der Waals surface area contributed by atoms with E-state index < -0.39 is 6.10 Å². The largest absolute Gasteiger partial charge is 0.493 e. The molecule has 36 heavy (non-hydrogen) atoms. The van der Waals surface area contributed by atoms with Gasteiger partial charge in [0.05, 0.1) is 18.6 Å². The smallest absolute Gasteiger partial charge is 0.166 e. The average molecular weight is 488 g/mol. The third-order valence-electron chi connectivity index (χ3n) is 9.40. The van der Waals surface area contributed by atoms with E-state index >= 15 is 0 Å². The van der Waals surface area contributed by atoms with Crippen LogP contribution in [0.3, 0.4) is 0 Å². The summed E-state index contributed by atoms with van der Waals surface area (Å²) in [5, 5.41) is 10.3. The second-order valence-corrected chi connectivity index (χ2v) is 11.3. The first-order valence-corrected chi connectivity index (χ1v) is 13.7. The van der Waals surface area contributed by atoms with E-state index in [1.54, 1.807) is 7.11 Å². The molecule has 2 fully saturated rings. The molecule has 5 atom stereocenters. The molecule has 7 rings (SSSR count). The summed E-state index contributed by atoms with van der Waals surface area (Å²) >= 11 is 0. The summed E-state index contributed by atoms with van der Waals surface area (Å²) in [6.07, 6.45) is 7.94. The van der Waals surface area contributed by atoms with Crippen molar-refractivity contribution >= 4 is 5.69 Å². The van der Waals surface area contributed by atoms with Crippen molar-refractivity contribution < 1.29 is 14.6 Å². The number of aliphatic hydroxyl groups excluding tert-OH is 1. The molecule has 2 saturated heterocycles. The van der Waals surface area contributed by atoms with Crippen LogP contribution in [0, 0.1) is 0 Å². The maximum Gasteiger partial charge on any atom is 0.166 e. The Bertz CT molecular complexity index is 1150. The molecule has 4 aliphatic heterocycles. The number of fused-ring (bicyclic) bond motifs is 2. The maximum absolute atomic E-state index is 10.3. The van der Waals surface area contributed by atoms with Crippen LogP contribution in [0.2, 0.25) is 0 Å². The average Bonchev–Trinajstić information content (AvgIpc) is 3.56. The molecule has 1 spiro atoms. The molecule has 2 unspecified atom stereocenters. The van der Waals surface area contributed by atoms with E-state index in [0.29, 0.717) is 18.5 Å². The van der Waals surface area contributed by atoms with Crippen LogP contribution in [0.4, 0.5) is 5.69 Å². The van der Waals surface area contributed by atoms with Gasteiger partial charge >= 0.3 is 0 Å². The van der Waals surface area contributed by atoms with E-state index in [9.17, 15) is 5.11 Å². The molecular weight excluding hydrogens is 450 g/mol. The van der Waals surface area contributed by atoms with Crippen molar-refractivity contribution in [1.82, 2.24) is 9.80 Å². The number of benzene rings is 2. The van der Waals surface area contributed by atoms with Gasteiger partial charge in [-0.2, -0.15) is 0 Å². The lowest BCUT2D eigenvalue weighted by atomic mass is 9.69. The zero-order chi connectivity index (χ0) is 24.3. The Kier molecular flexibility index (Phi) is 5.53. The van der Waals surface area contributed by atoms with Crippen LogP contribution in [0.15, 0.2) is 54.6 Å². The Balaban J connectivity index is 1.02. The monoisotopic (exact) mass is 487 g/mol. The highest BCUT2D eigenvalue weighted by Gasteiger charge is 2.52. The van der Waals surface area contributed by atoms with Gasteiger partial charge in [0.25, 0.3) is 0 Å². The Labute approximate surface area is 214 Å². The molecule has 0 saturated carbocycles. The lowest BCUT2D eigenvalue weighted by Gasteiger charge is -2.36. The minimum absolute atomic E-state index is 0.0183. The summed E-state index contributed by atoms with van der Waals surface area (Å²) in [6, 6.07) is 16.6. The summed E-state index contributed by atoms with van der Waals surface area (Å²) in [7, 11) is 1.72. The number of hydrogen-bond donors (Lipinski definition) is 1. The van der Waals surface area contributed by atoms with Gasteiger partial charge in [-0.1, -0.05) is 36.4 Å². The Morgan fingerprint density at radius 1 is 1.06 bits per heavy atom. The fourth-order valence-corrected chi connectivity index (χ4v) is 7.64. The predicted molar refractivity (Wildman–Crippen MR) is 141 cm³/mol. The van der Waals surface area contributed by atoms with Crippen LogP contribution in [-0.4, -0.2) is 79.0 Å². The van der Waals surface area contributed by atoms with Gasteiger partial charge in [0.15, 0.2) is 11.5 Å². The second kappa shape index (κ2) is 8.79. The summed E-state index contributed by atoms with van der Waals surface area (Å²) < 4.78 is 12.1. The Hall–Kier alpha value is -2.54. The van der Waals surface area contributed by atoms with Crippen molar-refractivity contribution in [3.63, 3.8) is 0 Å². The second-order valence-electron chi connectivity index (χ2n) is 11.3. The molecule has 0 amide bonds. The first-order chi connectivity index (χ1) is 17.6. The zero-order valence-electron chi connectivity index (χ0n) is 21.2. The summed E-state index contributed by atoms with van der Waals surface area (Å²) in [5.41, 5.74) is 3.88. The number of aliphatic hydroxyl groups is 1. The maximum atomic E-state index is 10.3. The van der Waals surface area contributed by atoms with Crippen LogP contribution in [0.5, 0.6) is 11.5 Å². The number of nitrogens with zero attached hydrogens (tertiary/aromatic N) is 3. The normalized spacial score (nSPS) is 32.8. The molecule has 1 aliphatic carbocycles. The van der Waals surface area contributed by atoms with Crippen LogP contribution < -0.4 is 14.4 Å². The van der Waals surface area contributed by atoms with Gasteiger partial charge in [-0.15, -0.1) is 0 Å². The Morgan fingerprint density at radius 2 is 1.94 bits per heavy atom. The standard InChI is InChI=1S/C30H37N3O3/c1-35-26-9-8-21-18-31(15-12-30-11-10-25(34)17-27(30)36-29(26)28(21)30)13-5-14-32-19-24-16-23(32)20-33(24)22-6-3-2-4-7-22/h2-4,6-11,23-25,27,34H,5,12-20H2,1H3/t23?,24?,25-,27-,30-/m1/s1. The highest BCUT2D eigenvalue weighted by molar-refractivity contribution is 5.61. The number of anilines is 1. The van der Waals surface area contributed by atoms with Gasteiger partial charge in [-0.25, -0.2) is 0 Å². The first kappa shape index (κ1) is 22.6. The Morgan fingerprint density at radius 3 is 2.75 bits per heavy atom. The highest BCUT2D eigenvalue weighted by Crippen LogP contribution is 2.55. The molecule has 2 bridgehead atoms. The molecule has 5 aliphatic rings. The molecular formula is C30H37N3O3. The van der Waals surface area contributed by atoms with Crippen LogP contribution >= 0.6 is 0 Å². The number of piperazine rings is 1. The predicted octanol–water partition coefficient (Wildman–Crippen LogP) is 3.57. The summed E-state index contributed by atoms with van der Waals surface area (Å²) in [6.45, 7) is 6.66. The number of hydrogen-bond acceptors (Lipinski definition) is 6. The topological polar surface area (TPSA) is 48.4 Å². The first-order valence-electron chi connectivity index (χ1n) is 13.7. The third-order valence-corrected chi connectivity index (χ3v) is 9.40. The van der Waals surface area contributed by atoms with E-state index in [1.807, 2.05) is 6.08 Å². The van der Waals surface area contributed by atoms with Gasteiger partial charge in [-0.05, 0) is 62.7 Å². The molecule has 1 N–H and O–H groups in total. The molecule has 0 radical (unpaired) electrons. The van der Waals surface area contributed by atoms with Crippen molar-refractivity contribution in [1.29, 1.82) is 0 Å². The van der Waals surface area contributed by atoms with E-state index in [0.717, 1.165) is 37.6 Å². The highest BCUT2D eigenvalue weighted by atomic mass is 16.5. The lowest BCUT2D eigenvalue weighted by molar-refractivity contribution is 0.0807. The van der Waals surface area contributed by atoms with Crippen LogP contribution in [0.1, 0.15) is 36.8 Å². The van der Waals surface area contributed by atoms with E-state index in [2.05, 4.69) is 63.2 Å². The van der Waals surface area contributed by atoms with Crippen molar-refractivity contribution in [2.75, 3.05) is 44.7 Å². The van der Waals surface area contributed by atoms with Crippen molar-refractivity contribution in [3.8, 4) is 11.5 Å². The van der Waals surface area contributed by atoms with E-state index in [4.69, 9.17) is 9.47 Å². The summed E-state index contributed by atoms with van der Waals surface area (Å²) in [4.78, 5) is 7.98. The SMILES string of the molecule is COc1ccc2c3c1O[C@@H]1C[C@H](O)C=C[C@]31CCN(CCCN1CC3CC1CN3c1ccccc1)C2. The quantitative estimate of drug-likeness (QED) is 0.629. The van der Waals surface area contributed by atoms with Gasteiger partial charge in [0.2, 0.25) is 0 Å². The summed E-state index contributed by atoms with van der Waals surface area (Å²) in [5.74, 6) is 1.71. The van der Waals surface area contributed by atoms with Gasteiger partial charge in [0.1, 0.15) is 6.10 Å². The van der Waals surface area contributed by atoms with Gasteiger partial charge < -0.3 is 19.5 Å². The minimum atomic E-state index is -0.433. The van der Waals surface area contributed by atoms with E-state index in [1.165, 1.54) is 49.3 Å². The van der Waals surface area contributed by atoms with Crippen molar-refractivity contribution in [3.05, 3.63) is 65.7 Å². The third kappa shape index (κ3) is 3.57. The molecule has 2 aromatic rings. The number of likely N-dealkylation sites (tertiary alicyclic amines) is 1. The zero-order valence-corrected chi connectivity index (χ0v) is 21.2. The number of methoxy groups -OCH3 is 1. The van der Waals surface area contributed by atoms with Crippen molar-refractivity contribution in [2.24, 2.45) is 0 Å². The van der Waals surface area contributed by atoms with Gasteiger partial charge in [-0.3, -0.25) is 9.80 Å². The molecule has 190 valence electrons. The lowest BCUT2D eigenvalue weighted by Crippen LogP contribution is -2.47. The van der Waals surface area contributed by atoms with Gasteiger partial charge in [0, 0.05) is 49.4 Å². The molecule has 4 heterocycles. The van der Waals surface area contributed by atoms with Crippen molar-refractivity contribution in [2.45, 2.75) is 61.9 Å². The fraction of sp³-hybridized carbons (Fsp3) is 0.533. The molecule has 0 aromatic heterocycles. The molecule has 6 heteroatoms. The van der Waals surface area contributed by atoms with E-state index in [-0.39, 0.29) is 11.5 Å². The fourth-order valence-electron chi connectivity index (χ4n) is 7.64. The molecule has 2 aromatic carbocycles.